The number of hydrogen-bond acceptors (Lipinski definition) is 3. The van der Waals surface area contributed by atoms with Crippen LogP contribution < -0.4 is 5.32 Å². The van der Waals surface area contributed by atoms with Gasteiger partial charge in [0.2, 0.25) is 5.91 Å². The van der Waals surface area contributed by atoms with E-state index in [2.05, 4.69) is 15.5 Å². The Morgan fingerprint density at radius 3 is 2.74 bits per heavy atom. The van der Waals surface area contributed by atoms with Gasteiger partial charge in [-0.05, 0) is 31.5 Å². The average molecular weight is 394 g/mol. The Bertz CT molecular complexity index is 953. The van der Waals surface area contributed by atoms with Gasteiger partial charge >= 0.3 is 0 Å². The first-order valence-electron chi connectivity index (χ1n) is 8.26. The van der Waals surface area contributed by atoms with E-state index in [1.165, 1.54) is 16.9 Å². The Hall–Kier alpha value is -2.74. The summed E-state index contributed by atoms with van der Waals surface area (Å²) >= 11 is 6.14. The molecule has 2 aromatic heterocycles. The molecule has 0 aliphatic carbocycles. The second-order valence-electron chi connectivity index (χ2n) is 6.14. The van der Waals surface area contributed by atoms with Crippen LogP contribution in [0.4, 0.5) is 14.5 Å². The predicted octanol–water partition coefficient (Wildman–Crippen LogP) is 4.23. The van der Waals surface area contributed by atoms with E-state index in [0.29, 0.717) is 22.9 Å². The summed E-state index contributed by atoms with van der Waals surface area (Å²) in [5.41, 5.74) is 1.54. The van der Waals surface area contributed by atoms with Crippen molar-refractivity contribution < 1.29 is 13.6 Å². The van der Waals surface area contributed by atoms with E-state index in [4.69, 9.17) is 11.6 Å². The van der Waals surface area contributed by atoms with Crippen molar-refractivity contribution in [3.63, 3.8) is 0 Å². The quantitative estimate of drug-likeness (QED) is 0.681. The number of nitrogens with one attached hydrogen (secondary N) is 1. The number of anilines is 1. The first-order valence-corrected chi connectivity index (χ1v) is 8.64. The summed E-state index contributed by atoms with van der Waals surface area (Å²) in [6.45, 7) is 3.68. The second kappa shape index (κ2) is 7.87. The first-order chi connectivity index (χ1) is 12.8. The molecule has 0 fully saturated rings. The van der Waals surface area contributed by atoms with E-state index in [0.717, 1.165) is 5.56 Å². The third kappa shape index (κ3) is 4.33. The van der Waals surface area contributed by atoms with Crippen molar-refractivity contribution >= 4 is 23.2 Å². The minimum atomic E-state index is -2.68. The molecule has 9 heteroatoms. The molecule has 0 aliphatic rings. The molecule has 0 saturated carbocycles. The highest BCUT2D eigenvalue weighted by atomic mass is 35.5. The van der Waals surface area contributed by atoms with Gasteiger partial charge in [0.05, 0.1) is 18.4 Å². The van der Waals surface area contributed by atoms with Crippen LogP contribution in [-0.2, 0) is 11.3 Å². The van der Waals surface area contributed by atoms with Crippen LogP contribution in [0.15, 0.2) is 42.7 Å². The Labute approximate surface area is 159 Å². The van der Waals surface area contributed by atoms with E-state index in [1.807, 2.05) is 18.2 Å². The van der Waals surface area contributed by atoms with Crippen molar-refractivity contribution in [3.8, 4) is 0 Å². The lowest BCUT2D eigenvalue weighted by Crippen LogP contribution is -2.25. The molecular formula is C18H18ClF2N5O. The number of alkyl halides is 2. The van der Waals surface area contributed by atoms with Crippen molar-refractivity contribution in [1.29, 1.82) is 0 Å². The first kappa shape index (κ1) is 19.0. The molecule has 0 saturated heterocycles. The Kier molecular flexibility index (Phi) is 5.55. The smallest absolute Gasteiger partial charge is 0.282 e. The number of hydrogen-bond donors (Lipinski definition) is 1. The number of nitrogens with zero attached hydrogens (tertiary/aromatic N) is 4. The van der Waals surface area contributed by atoms with Gasteiger partial charge in [-0.3, -0.25) is 14.2 Å². The SMILES string of the molecule is Cc1cc(C(F)F)nn1C(C)C(=O)Nc1cnn(Cc2ccccc2Cl)c1. The molecule has 6 nitrogen and oxygen atoms in total. The number of aryl methyl sites for hydroxylation is 1. The number of halogens is 3. The summed E-state index contributed by atoms with van der Waals surface area (Å²) in [5.74, 6) is -0.376. The molecule has 3 rings (SSSR count). The van der Waals surface area contributed by atoms with Crippen LogP contribution in [0.5, 0.6) is 0 Å². The highest BCUT2D eigenvalue weighted by Crippen LogP contribution is 2.21. The van der Waals surface area contributed by atoms with E-state index in [1.54, 1.807) is 30.8 Å². The molecule has 2 heterocycles. The summed E-state index contributed by atoms with van der Waals surface area (Å²) in [5, 5.41) is 11.4. The van der Waals surface area contributed by atoms with Crippen LogP contribution in [-0.4, -0.2) is 25.5 Å². The zero-order chi connectivity index (χ0) is 19.6. The van der Waals surface area contributed by atoms with Crippen LogP contribution in [0.3, 0.4) is 0 Å². The monoisotopic (exact) mass is 393 g/mol. The summed E-state index contributed by atoms with van der Waals surface area (Å²) in [4.78, 5) is 12.4. The van der Waals surface area contributed by atoms with Gasteiger partial charge in [-0.15, -0.1) is 0 Å². The third-order valence-corrected chi connectivity index (χ3v) is 4.47. The zero-order valence-electron chi connectivity index (χ0n) is 14.7. The van der Waals surface area contributed by atoms with Gasteiger partial charge in [-0.25, -0.2) is 8.78 Å². The van der Waals surface area contributed by atoms with Crippen molar-refractivity contribution in [2.24, 2.45) is 0 Å². The number of amides is 1. The minimum Gasteiger partial charge on any atom is -0.322 e. The van der Waals surface area contributed by atoms with Crippen molar-refractivity contribution in [2.45, 2.75) is 32.9 Å². The van der Waals surface area contributed by atoms with Gasteiger partial charge in [-0.2, -0.15) is 10.2 Å². The maximum atomic E-state index is 12.8. The van der Waals surface area contributed by atoms with Crippen LogP contribution in [0.1, 0.15) is 36.3 Å². The molecule has 1 amide bonds. The van der Waals surface area contributed by atoms with Gasteiger partial charge in [0.25, 0.3) is 6.43 Å². The fourth-order valence-corrected chi connectivity index (χ4v) is 2.88. The molecule has 3 aromatic rings. The maximum absolute atomic E-state index is 12.8. The number of carbonyl (C=O) groups excluding carboxylic acids is 1. The predicted molar refractivity (Wildman–Crippen MR) is 98.0 cm³/mol. The van der Waals surface area contributed by atoms with E-state index in [-0.39, 0.29) is 11.6 Å². The largest absolute Gasteiger partial charge is 0.322 e. The summed E-state index contributed by atoms with van der Waals surface area (Å²) in [7, 11) is 0. The maximum Gasteiger partial charge on any atom is 0.282 e. The van der Waals surface area contributed by atoms with Crippen molar-refractivity contribution in [2.75, 3.05) is 5.32 Å². The summed E-state index contributed by atoms with van der Waals surface area (Å²) < 4.78 is 28.5. The molecular weight excluding hydrogens is 376 g/mol. The lowest BCUT2D eigenvalue weighted by molar-refractivity contribution is -0.119. The molecule has 142 valence electrons. The number of benzene rings is 1. The van der Waals surface area contributed by atoms with Crippen molar-refractivity contribution in [3.05, 3.63) is 64.7 Å². The van der Waals surface area contributed by atoms with Crippen LogP contribution in [0.2, 0.25) is 5.02 Å². The lowest BCUT2D eigenvalue weighted by Gasteiger charge is -2.13. The highest BCUT2D eigenvalue weighted by Gasteiger charge is 2.21. The topological polar surface area (TPSA) is 64.7 Å². The van der Waals surface area contributed by atoms with E-state index >= 15 is 0 Å². The van der Waals surface area contributed by atoms with Crippen LogP contribution in [0.25, 0.3) is 0 Å². The Morgan fingerprint density at radius 1 is 1.33 bits per heavy atom. The molecule has 1 N–H and O–H groups in total. The third-order valence-electron chi connectivity index (χ3n) is 4.10. The van der Waals surface area contributed by atoms with Gasteiger partial charge in [0.1, 0.15) is 11.7 Å². The number of rotatable bonds is 6. The van der Waals surface area contributed by atoms with E-state index < -0.39 is 12.5 Å². The summed E-state index contributed by atoms with van der Waals surface area (Å²) in [6, 6.07) is 7.95. The summed E-state index contributed by atoms with van der Waals surface area (Å²) in [6.07, 6.45) is 0.513. The number of aromatic nitrogens is 4. The number of carbonyl (C=O) groups is 1. The molecule has 1 atom stereocenters. The van der Waals surface area contributed by atoms with Crippen LogP contribution >= 0.6 is 11.6 Å². The van der Waals surface area contributed by atoms with Gasteiger partial charge in [-0.1, -0.05) is 29.8 Å². The van der Waals surface area contributed by atoms with Gasteiger partial charge in [0.15, 0.2) is 0 Å². The van der Waals surface area contributed by atoms with Gasteiger partial charge < -0.3 is 5.32 Å². The van der Waals surface area contributed by atoms with Crippen LogP contribution in [0, 0.1) is 6.92 Å². The molecule has 0 aliphatic heterocycles. The Balaban J connectivity index is 1.68. The Morgan fingerprint density at radius 2 is 2.07 bits per heavy atom. The molecule has 1 aromatic carbocycles. The fraction of sp³-hybridized carbons (Fsp3) is 0.278. The standard InChI is InChI=1S/C18H18ClF2N5O/c1-11-7-16(17(20)21)24-26(11)12(2)18(27)23-14-8-22-25(10-14)9-13-5-3-4-6-15(13)19/h3-8,10,12,17H,9H2,1-2H3,(H,23,27). The lowest BCUT2D eigenvalue weighted by atomic mass is 10.2. The fourth-order valence-electron chi connectivity index (χ4n) is 2.68. The molecule has 27 heavy (non-hydrogen) atoms. The molecule has 0 radical (unpaired) electrons. The van der Waals surface area contributed by atoms with Crippen molar-refractivity contribution in [1.82, 2.24) is 19.6 Å². The van der Waals surface area contributed by atoms with Gasteiger partial charge in [0, 0.05) is 16.9 Å². The highest BCUT2D eigenvalue weighted by molar-refractivity contribution is 6.31. The normalized spacial score (nSPS) is 12.4. The molecule has 0 bridgehead atoms. The second-order valence-corrected chi connectivity index (χ2v) is 6.55. The minimum absolute atomic E-state index is 0.347. The average Bonchev–Trinajstić information content (AvgIpc) is 3.23. The van der Waals surface area contributed by atoms with E-state index in [9.17, 15) is 13.6 Å². The zero-order valence-corrected chi connectivity index (χ0v) is 15.5. The molecule has 0 spiro atoms. The molecule has 1 unspecified atom stereocenters.